The minimum absolute atomic E-state index is 0.0670. The van der Waals surface area contributed by atoms with Crippen molar-refractivity contribution < 1.29 is 13.6 Å². The van der Waals surface area contributed by atoms with Crippen molar-refractivity contribution in [3.8, 4) is 0 Å². The standard InChI is InChI=1S/C15H13F2N3O/c16-9-3-6-13(12(17)8-9)20-15(21)11-2-1-7-18-14(11)19-10-4-5-10/h1-3,6-8,10H,4-5H2,(H,18,19)(H,20,21). The highest BCUT2D eigenvalue weighted by Gasteiger charge is 2.24. The lowest BCUT2D eigenvalue weighted by Crippen LogP contribution is -2.17. The summed E-state index contributed by atoms with van der Waals surface area (Å²) < 4.78 is 26.4. The molecule has 1 amide bonds. The fourth-order valence-electron chi connectivity index (χ4n) is 1.91. The van der Waals surface area contributed by atoms with Crippen LogP contribution in [0, 0.1) is 11.6 Å². The summed E-state index contributed by atoms with van der Waals surface area (Å²) in [4.78, 5) is 16.4. The Morgan fingerprint density at radius 2 is 2.05 bits per heavy atom. The predicted molar refractivity (Wildman–Crippen MR) is 75.2 cm³/mol. The van der Waals surface area contributed by atoms with Crippen molar-refractivity contribution in [1.29, 1.82) is 0 Å². The van der Waals surface area contributed by atoms with Crippen molar-refractivity contribution in [2.75, 3.05) is 10.6 Å². The molecule has 0 aliphatic heterocycles. The molecule has 0 bridgehead atoms. The van der Waals surface area contributed by atoms with E-state index in [2.05, 4.69) is 15.6 Å². The molecule has 4 nitrogen and oxygen atoms in total. The Balaban J connectivity index is 1.81. The van der Waals surface area contributed by atoms with Crippen molar-refractivity contribution in [1.82, 2.24) is 4.98 Å². The summed E-state index contributed by atoms with van der Waals surface area (Å²) in [6, 6.07) is 6.58. The molecule has 1 aromatic carbocycles. The molecule has 2 N–H and O–H groups in total. The van der Waals surface area contributed by atoms with Crippen LogP contribution in [0.25, 0.3) is 0 Å². The first-order chi connectivity index (χ1) is 10.1. The highest BCUT2D eigenvalue weighted by Crippen LogP contribution is 2.26. The van der Waals surface area contributed by atoms with Crippen molar-refractivity contribution >= 4 is 17.4 Å². The minimum atomic E-state index is -0.816. The van der Waals surface area contributed by atoms with E-state index in [-0.39, 0.29) is 5.69 Å². The molecule has 0 unspecified atom stereocenters. The maximum absolute atomic E-state index is 13.6. The molecule has 1 saturated carbocycles. The molecule has 1 aromatic heterocycles. The number of amides is 1. The van der Waals surface area contributed by atoms with Crippen molar-refractivity contribution in [2.45, 2.75) is 18.9 Å². The molecule has 2 aromatic rings. The number of nitrogens with zero attached hydrogens (tertiary/aromatic N) is 1. The van der Waals surface area contributed by atoms with E-state index in [1.165, 1.54) is 6.07 Å². The molecule has 3 rings (SSSR count). The SMILES string of the molecule is O=C(Nc1ccc(F)cc1F)c1cccnc1NC1CC1. The third-order valence-electron chi connectivity index (χ3n) is 3.15. The number of carbonyl (C=O) groups excluding carboxylic acids is 1. The van der Waals surface area contributed by atoms with Crippen LogP contribution in [-0.4, -0.2) is 16.9 Å². The van der Waals surface area contributed by atoms with Crippen LogP contribution in [0.3, 0.4) is 0 Å². The van der Waals surface area contributed by atoms with E-state index in [1.54, 1.807) is 18.3 Å². The van der Waals surface area contributed by atoms with Gasteiger partial charge in [-0.15, -0.1) is 0 Å². The molecule has 6 heteroatoms. The van der Waals surface area contributed by atoms with E-state index in [0.717, 1.165) is 25.0 Å². The Hall–Kier alpha value is -2.50. The Kier molecular flexibility index (Phi) is 3.51. The predicted octanol–water partition coefficient (Wildman–Crippen LogP) is 3.19. The van der Waals surface area contributed by atoms with Gasteiger partial charge < -0.3 is 10.6 Å². The Bertz CT molecular complexity index is 686. The van der Waals surface area contributed by atoms with Gasteiger partial charge in [0.2, 0.25) is 0 Å². The fourth-order valence-corrected chi connectivity index (χ4v) is 1.91. The van der Waals surface area contributed by atoms with Gasteiger partial charge in [-0.1, -0.05) is 0 Å². The zero-order chi connectivity index (χ0) is 14.8. The van der Waals surface area contributed by atoms with Gasteiger partial charge in [0.25, 0.3) is 5.91 Å². The molecular weight excluding hydrogens is 276 g/mol. The first kappa shape index (κ1) is 13.5. The number of hydrogen-bond donors (Lipinski definition) is 2. The number of hydrogen-bond acceptors (Lipinski definition) is 3. The number of rotatable bonds is 4. The van der Waals surface area contributed by atoms with Gasteiger partial charge in [0.1, 0.15) is 17.5 Å². The van der Waals surface area contributed by atoms with E-state index in [1.807, 2.05) is 0 Å². The smallest absolute Gasteiger partial charge is 0.259 e. The van der Waals surface area contributed by atoms with Gasteiger partial charge >= 0.3 is 0 Å². The van der Waals surface area contributed by atoms with Gasteiger partial charge in [-0.3, -0.25) is 4.79 Å². The number of anilines is 2. The second-order valence-corrected chi connectivity index (χ2v) is 4.90. The van der Waals surface area contributed by atoms with E-state index in [0.29, 0.717) is 17.4 Å². The normalized spacial score (nSPS) is 13.8. The molecule has 0 saturated heterocycles. The maximum atomic E-state index is 13.6. The van der Waals surface area contributed by atoms with E-state index >= 15 is 0 Å². The van der Waals surface area contributed by atoms with Crippen LogP contribution in [-0.2, 0) is 0 Å². The van der Waals surface area contributed by atoms with Crippen LogP contribution in [0.4, 0.5) is 20.3 Å². The van der Waals surface area contributed by atoms with Gasteiger partial charge in [0.05, 0.1) is 11.3 Å². The second kappa shape index (κ2) is 5.47. The van der Waals surface area contributed by atoms with Gasteiger partial charge in [-0.05, 0) is 37.1 Å². The molecule has 108 valence electrons. The van der Waals surface area contributed by atoms with Crippen molar-refractivity contribution in [3.63, 3.8) is 0 Å². The number of benzene rings is 1. The summed E-state index contributed by atoms with van der Waals surface area (Å²) in [6.45, 7) is 0. The van der Waals surface area contributed by atoms with Crippen LogP contribution in [0.15, 0.2) is 36.5 Å². The van der Waals surface area contributed by atoms with Crippen LogP contribution in [0.1, 0.15) is 23.2 Å². The largest absolute Gasteiger partial charge is 0.367 e. The highest BCUT2D eigenvalue weighted by atomic mass is 19.1. The summed E-state index contributed by atoms with van der Waals surface area (Å²) in [6.07, 6.45) is 3.68. The number of carbonyl (C=O) groups is 1. The zero-order valence-corrected chi connectivity index (χ0v) is 11.1. The number of pyridine rings is 1. The third kappa shape index (κ3) is 3.16. The summed E-state index contributed by atoms with van der Waals surface area (Å²) in [7, 11) is 0. The first-order valence-corrected chi connectivity index (χ1v) is 6.61. The molecule has 21 heavy (non-hydrogen) atoms. The van der Waals surface area contributed by atoms with Crippen LogP contribution in [0.2, 0.25) is 0 Å². The molecular formula is C15H13F2N3O. The Morgan fingerprint density at radius 1 is 1.24 bits per heavy atom. The molecule has 1 fully saturated rings. The van der Waals surface area contributed by atoms with Crippen molar-refractivity contribution in [2.24, 2.45) is 0 Å². The summed E-state index contributed by atoms with van der Waals surface area (Å²) in [5.74, 6) is -1.52. The highest BCUT2D eigenvalue weighted by molar-refractivity contribution is 6.07. The summed E-state index contributed by atoms with van der Waals surface area (Å²) >= 11 is 0. The number of halogens is 2. The fraction of sp³-hybridized carbons (Fsp3) is 0.200. The average molecular weight is 289 g/mol. The maximum Gasteiger partial charge on any atom is 0.259 e. The van der Waals surface area contributed by atoms with Crippen molar-refractivity contribution in [3.05, 3.63) is 53.7 Å². The zero-order valence-electron chi connectivity index (χ0n) is 11.1. The minimum Gasteiger partial charge on any atom is -0.367 e. The van der Waals surface area contributed by atoms with Gasteiger partial charge in [0.15, 0.2) is 0 Å². The molecule has 0 spiro atoms. The lowest BCUT2D eigenvalue weighted by atomic mass is 10.2. The molecule has 0 radical (unpaired) electrons. The lowest BCUT2D eigenvalue weighted by Gasteiger charge is -2.11. The monoisotopic (exact) mass is 289 g/mol. The van der Waals surface area contributed by atoms with E-state index in [4.69, 9.17) is 0 Å². The molecule has 1 aliphatic carbocycles. The topological polar surface area (TPSA) is 54.0 Å². The summed E-state index contributed by atoms with van der Waals surface area (Å²) in [5, 5.41) is 5.58. The Labute approximate surface area is 120 Å². The molecule has 1 heterocycles. The van der Waals surface area contributed by atoms with Gasteiger partial charge in [0, 0.05) is 18.3 Å². The van der Waals surface area contributed by atoms with E-state index < -0.39 is 17.5 Å². The van der Waals surface area contributed by atoms with Crippen LogP contribution < -0.4 is 10.6 Å². The average Bonchev–Trinajstić information content (AvgIpc) is 3.26. The summed E-state index contributed by atoms with van der Waals surface area (Å²) in [5.41, 5.74) is 0.260. The quantitative estimate of drug-likeness (QED) is 0.909. The molecule has 0 atom stereocenters. The first-order valence-electron chi connectivity index (χ1n) is 6.61. The van der Waals surface area contributed by atoms with E-state index in [9.17, 15) is 13.6 Å². The number of aromatic nitrogens is 1. The lowest BCUT2D eigenvalue weighted by molar-refractivity contribution is 0.102. The van der Waals surface area contributed by atoms with Crippen LogP contribution >= 0.6 is 0 Å². The van der Waals surface area contributed by atoms with Gasteiger partial charge in [-0.2, -0.15) is 0 Å². The molecule has 1 aliphatic rings. The third-order valence-corrected chi connectivity index (χ3v) is 3.15. The Morgan fingerprint density at radius 3 is 2.76 bits per heavy atom. The van der Waals surface area contributed by atoms with Gasteiger partial charge in [-0.25, -0.2) is 13.8 Å². The number of nitrogens with one attached hydrogen (secondary N) is 2. The second-order valence-electron chi connectivity index (χ2n) is 4.90. The van der Waals surface area contributed by atoms with Crippen LogP contribution in [0.5, 0.6) is 0 Å².